The third-order valence-electron chi connectivity index (χ3n) is 9.78. The van der Waals surface area contributed by atoms with Crippen LogP contribution in [0.4, 0.5) is 0 Å². The molecular formula is C23H35N3O2. The van der Waals surface area contributed by atoms with Crippen molar-refractivity contribution in [2.24, 2.45) is 39.6 Å². The number of allylic oxidation sites excluding steroid dienone is 1. The molecule has 1 aliphatic heterocycles. The summed E-state index contributed by atoms with van der Waals surface area (Å²) < 4.78 is 12.3. The van der Waals surface area contributed by atoms with Crippen LogP contribution in [0.25, 0.3) is 10.4 Å². The monoisotopic (exact) mass is 385 g/mol. The number of hydrogen-bond donors (Lipinski definition) is 0. The Morgan fingerprint density at radius 3 is 2.54 bits per heavy atom. The highest BCUT2D eigenvalue weighted by Crippen LogP contribution is 2.68. The minimum atomic E-state index is -0.368. The van der Waals surface area contributed by atoms with Gasteiger partial charge in [0.05, 0.1) is 19.3 Å². The smallest absolute Gasteiger partial charge is 0.169 e. The van der Waals surface area contributed by atoms with Gasteiger partial charge < -0.3 is 9.47 Å². The number of azide groups is 1. The summed E-state index contributed by atoms with van der Waals surface area (Å²) in [5, 5.41) is 4.01. The SMILES string of the molecule is CC1([C@H]2CC[C@H]3[C@@H]4CCC5=C[C@H](N=[N+]=[N-])CC[C@]5(C)[C@H]4CC[C@]23C)OCCO1. The third-order valence-corrected chi connectivity index (χ3v) is 9.78. The third kappa shape index (κ3) is 2.55. The van der Waals surface area contributed by atoms with Crippen molar-refractivity contribution < 1.29 is 9.47 Å². The van der Waals surface area contributed by atoms with E-state index in [1.165, 1.54) is 44.9 Å². The Bertz CT molecular complexity index is 723. The molecule has 4 fully saturated rings. The van der Waals surface area contributed by atoms with Gasteiger partial charge in [0.15, 0.2) is 5.79 Å². The summed E-state index contributed by atoms with van der Waals surface area (Å²) >= 11 is 0. The highest BCUT2D eigenvalue weighted by atomic mass is 16.7. The molecule has 5 aliphatic rings. The molecule has 5 heteroatoms. The number of rotatable bonds is 2. The topological polar surface area (TPSA) is 67.2 Å². The molecule has 0 unspecified atom stereocenters. The number of nitrogens with zero attached hydrogens (tertiary/aromatic N) is 3. The van der Waals surface area contributed by atoms with Crippen LogP contribution in [0.5, 0.6) is 0 Å². The van der Waals surface area contributed by atoms with Gasteiger partial charge in [-0.05, 0) is 92.4 Å². The maximum Gasteiger partial charge on any atom is 0.169 e. The highest BCUT2D eigenvalue weighted by Gasteiger charge is 2.63. The van der Waals surface area contributed by atoms with Crippen LogP contribution in [0.2, 0.25) is 0 Å². The Kier molecular flexibility index (Phi) is 4.39. The van der Waals surface area contributed by atoms with Crippen LogP contribution in [0.1, 0.15) is 72.1 Å². The summed E-state index contributed by atoms with van der Waals surface area (Å²) in [4.78, 5) is 3.06. The van der Waals surface area contributed by atoms with Crippen LogP contribution >= 0.6 is 0 Å². The summed E-state index contributed by atoms with van der Waals surface area (Å²) in [6.07, 6.45) is 12.2. The zero-order chi connectivity index (χ0) is 19.6. The predicted octanol–water partition coefficient (Wildman–Crippen LogP) is 6.01. The lowest BCUT2D eigenvalue weighted by Crippen LogP contribution is -2.53. The fraction of sp³-hybridized carbons (Fsp3) is 0.913. The van der Waals surface area contributed by atoms with Crippen molar-refractivity contribution in [3.8, 4) is 0 Å². The molecule has 3 saturated carbocycles. The van der Waals surface area contributed by atoms with E-state index >= 15 is 0 Å². The van der Waals surface area contributed by atoms with Crippen molar-refractivity contribution in [3.05, 3.63) is 22.1 Å². The summed E-state index contributed by atoms with van der Waals surface area (Å²) in [6.45, 7) is 8.76. The lowest BCUT2D eigenvalue weighted by molar-refractivity contribution is -0.214. The van der Waals surface area contributed by atoms with E-state index in [9.17, 15) is 0 Å². The summed E-state index contributed by atoms with van der Waals surface area (Å²) in [7, 11) is 0. The molecule has 7 atom stereocenters. The quantitative estimate of drug-likeness (QED) is 0.253. The summed E-state index contributed by atoms with van der Waals surface area (Å²) in [6, 6.07) is 0.0750. The molecule has 154 valence electrons. The molecule has 1 saturated heterocycles. The van der Waals surface area contributed by atoms with E-state index in [4.69, 9.17) is 15.0 Å². The molecule has 0 N–H and O–H groups in total. The van der Waals surface area contributed by atoms with Gasteiger partial charge in [-0.25, -0.2) is 0 Å². The molecule has 0 aromatic heterocycles. The molecule has 5 nitrogen and oxygen atoms in total. The molecule has 0 radical (unpaired) electrons. The molecule has 0 bridgehead atoms. The van der Waals surface area contributed by atoms with Gasteiger partial charge in [-0.2, -0.15) is 0 Å². The van der Waals surface area contributed by atoms with Crippen molar-refractivity contribution in [2.75, 3.05) is 13.2 Å². The molecule has 4 aliphatic carbocycles. The maximum atomic E-state index is 8.84. The molecular weight excluding hydrogens is 350 g/mol. The van der Waals surface area contributed by atoms with E-state index in [1.807, 2.05) is 0 Å². The second-order valence-corrected chi connectivity index (χ2v) is 10.7. The van der Waals surface area contributed by atoms with E-state index in [-0.39, 0.29) is 11.8 Å². The second kappa shape index (κ2) is 6.48. The number of ether oxygens (including phenoxy) is 2. The average molecular weight is 386 g/mol. The molecule has 5 rings (SSSR count). The van der Waals surface area contributed by atoms with Gasteiger partial charge in [0.25, 0.3) is 0 Å². The summed E-state index contributed by atoms with van der Waals surface area (Å²) in [5.41, 5.74) is 11.1. The lowest BCUT2D eigenvalue weighted by atomic mass is 9.46. The van der Waals surface area contributed by atoms with Crippen LogP contribution in [0, 0.1) is 34.5 Å². The fourth-order valence-corrected chi connectivity index (χ4v) is 8.46. The minimum Gasteiger partial charge on any atom is -0.348 e. The normalized spacial score (nSPS) is 49.4. The first kappa shape index (κ1) is 19.0. The van der Waals surface area contributed by atoms with Gasteiger partial charge in [-0.1, -0.05) is 30.6 Å². The van der Waals surface area contributed by atoms with Gasteiger partial charge in [0.1, 0.15) is 0 Å². The van der Waals surface area contributed by atoms with Crippen molar-refractivity contribution >= 4 is 0 Å². The van der Waals surface area contributed by atoms with Crippen LogP contribution in [0.3, 0.4) is 0 Å². The molecule has 0 aromatic rings. The van der Waals surface area contributed by atoms with Crippen molar-refractivity contribution in [3.63, 3.8) is 0 Å². The van der Waals surface area contributed by atoms with Crippen LogP contribution in [0.15, 0.2) is 16.8 Å². The Labute approximate surface area is 168 Å². The maximum absolute atomic E-state index is 8.84. The summed E-state index contributed by atoms with van der Waals surface area (Å²) in [5.74, 6) is 2.57. The van der Waals surface area contributed by atoms with Crippen LogP contribution < -0.4 is 0 Å². The second-order valence-electron chi connectivity index (χ2n) is 10.7. The van der Waals surface area contributed by atoms with Crippen LogP contribution in [-0.2, 0) is 9.47 Å². The standard InChI is InChI=1S/C23H35N3O2/c1-21-10-8-16(25-26-24)14-15(21)4-5-17-18-6-7-20(23(3)27-12-13-28-23)22(18,2)11-9-19(17)21/h14,16-20H,4-13H2,1-3H3/t16-,17+,18+,19+,20+,21+,22+/m1/s1. The average Bonchev–Trinajstić information content (AvgIpc) is 3.26. The first-order chi connectivity index (χ1) is 13.4. The first-order valence-electron chi connectivity index (χ1n) is 11.4. The first-order valence-corrected chi connectivity index (χ1v) is 11.4. The van der Waals surface area contributed by atoms with E-state index in [0.717, 1.165) is 37.4 Å². The van der Waals surface area contributed by atoms with E-state index in [1.54, 1.807) is 5.57 Å². The van der Waals surface area contributed by atoms with E-state index in [0.29, 0.717) is 16.7 Å². The van der Waals surface area contributed by atoms with Crippen molar-refractivity contribution in [1.82, 2.24) is 0 Å². The highest BCUT2D eigenvalue weighted by molar-refractivity contribution is 5.26. The fourth-order valence-electron chi connectivity index (χ4n) is 8.46. The van der Waals surface area contributed by atoms with Crippen molar-refractivity contribution in [2.45, 2.75) is 84.0 Å². The largest absolute Gasteiger partial charge is 0.348 e. The minimum absolute atomic E-state index is 0.0750. The molecule has 28 heavy (non-hydrogen) atoms. The zero-order valence-electron chi connectivity index (χ0n) is 17.7. The molecule has 0 spiro atoms. The van der Waals surface area contributed by atoms with Gasteiger partial charge in [-0.3, -0.25) is 0 Å². The predicted molar refractivity (Wildman–Crippen MR) is 108 cm³/mol. The van der Waals surface area contributed by atoms with Gasteiger partial charge in [0, 0.05) is 10.8 Å². The van der Waals surface area contributed by atoms with Gasteiger partial charge >= 0.3 is 0 Å². The van der Waals surface area contributed by atoms with Gasteiger partial charge in [-0.15, -0.1) is 0 Å². The van der Waals surface area contributed by atoms with E-state index < -0.39 is 0 Å². The van der Waals surface area contributed by atoms with Gasteiger partial charge in [0.2, 0.25) is 0 Å². The Morgan fingerprint density at radius 2 is 1.79 bits per heavy atom. The Morgan fingerprint density at radius 1 is 1.00 bits per heavy atom. The number of hydrogen-bond acceptors (Lipinski definition) is 3. The zero-order valence-corrected chi connectivity index (χ0v) is 17.7. The number of fused-ring (bicyclic) bond motifs is 5. The lowest BCUT2D eigenvalue weighted by Gasteiger charge is -2.59. The van der Waals surface area contributed by atoms with E-state index in [2.05, 4.69) is 36.9 Å². The Balaban J connectivity index is 1.42. The Hall–Kier alpha value is -1.03. The molecule has 0 aromatic carbocycles. The molecule has 0 amide bonds. The van der Waals surface area contributed by atoms with Crippen LogP contribution in [-0.4, -0.2) is 25.0 Å². The van der Waals surface area contributed by atoms with Crippen molar-refractivity contribution in [1.29, 1.82) is 0 Å². The molecule has 1 heterocycles.